The van der Waals surface area contributed by atoms with Gasteiger partial charge in [-0.1, -0.05) is 55.5 Å². The van der Waals surface area contributed by atoms with Gasteiger partial charge < -0.3 is 23.2 Å². The van der Waals surface area contributed by atoms with Gasteiger partial charge in [0.15, 0.2) is 23.8 Å². The number of carbonyl (C=O) groups is 1. The molecule has 0 aliphatic rings. The zero-order chi connectivity index (χ0) is 29.1. The predicted molar refractivity (Wildman–Crippen MR) is 161 cm³/mol. The number of aromatic nitrogens is 6. The van der Waals surface area contributed by atoms with E-state index in [2.05, 4.69) is 25.6 Å². The second-order valence-electron chi connectivity index (χ2n) is 10.1. The summed E-state index contributed by atoms with van der Waals surface area (Å²) in [5.74, 6) is -0.0831. The summed E-state index contributed by atoms with van der Waals surface area (Å²) in [7, 11) is 0. The Hall–Kier alpha value is -4.26. The fraction of sp³-hybridized carbons (Fsp3) is 0.310. The fourth-order valence-electron chi connectivity index (χ4n) is 4.60. The Kier molecular flexibility index (Phi) is 10.7. The lowest BCUT2D eigenvalue weighted by atomic mass is 9.98. The van der Waals surface area contributed by atoms with Crippen molar-refractivity contribution in [3.8, 4) is 22.5 Å². The minimum absolute atomic E-state index is 0. The summed E-state index contributed by atoms with van der Waals surface area (Å²) in [5, 5.41) is 25.3. The number of aromatic amines is 1. The molecule has 0 spiro atoms. The third-order valence-electron chi connectivity index (χ3n) is 6.58. The number of nitrogens with zero attached hydrogens (tertiary/aromatic N) is 5. The molecule has 0 atom stereocenters. The zero-order valence-electron chi connectivity index (χ0n) is 24.0. The first kappa shape index (κ1) is 33.2. The van der Waals surface area contributed by atoms with Crippen molar-refractivity contribution in [2.45, 2.75) is 59.3 Å². The first-order valence-corrected chi connectivity index (χ1v) is 13.2. The van der Waals surface area contributed by atoms with E-state index in [1.165, 1.54) is 0 Å². The van der Waals surface area contributed by atoms with Crippen molar-refractivity contribution in [2.24, 2.45) is 0 Å². The molecule has 0 aliphatic heterocycles. The summed E-state index contributed by atoms with van der Waals surface area (Å²) in [5.41, 5.74) is 2.60. The van der Waals surface area contributed by atoms with Crippen molar-refractivity contribution in [3.05, 3.63) is 93.4 Å². The smallest absolute Gasteiger partial charge is 0.453 e. The number of hydrogen-bond acceptors (Lipinski definition) is 10. The molecular formula is C29H32Cl2N6O6. The summed E-state index contributed by atoms with van der Waals surface area (Å²) in [6, 6.07) is 15.7. The van der Waals surface area contributed by atoms with Gasteiger partial charge >= 0.3 is 11.8 Å². The largest absolute Gasteiger partial charge is 0.519 e. The van der Waals surface area contributed by atoms with E-state index in [9.17, 15) is 14.7 Å². The molecule has 2 aromatic carbocycles. The van der Waals surface area contributed by atoms with E-state index in [0.29, 0.717) is 24.6 Å². The Morgan fingerprint density at radius 3 is 2.35 bits per heavy atom. The lowest BCUT2D eigenvalue weighted by Gasteiger charge is -2.17. The minimum atomic E-state index is -1.41. The molecule has 43 heavy (non-hydrogen) atoms. The molecule has 0 bridgehead atoms. The maximum absolute atomic E-state index is 13.5. The summed E-state index contributed by atoms with van der Waals surface area (Å²) in [6.45, 7) is 6.72. The molecule has 14 heteroatoms. The molecule has 0 fully saturated rings. The number of esters is 1. The van der Waals surface area contributed by atoms with Crippen LogP contribution >= 0.6 is 24.8 Å². The van der Waals surface area contributed by atoms with Crippen LogP contribution in [0, 0.1) is 6.92 Å². The molecule has 3 aromatic heterocycles. The van der Waals surface area contributed by atoms with Gasteiger partial charge in [0.05, 0.1) is 0 Å². The highest BCUT2D eigenvalue weighted by atomic mass is 35.5. The van der Waals surface area contributed by atoms with Crippen molar-refractivity contribution in [1.29, 1.82) is 0 Å². The minimum Gasteiger partial charge on any atom is -0.453 e. The Balaban J connectivity index is 0.00000253. The maximum atomic E-state index is 13.5. The molecule has 5 rings (SSSR count). The van der Waals surface area contributed by atoms with E-state index in [1.807, 2.05) is 55.5 Å². The van der Waals surface area contributed by atoms with Crippen molar-refractivity contribution in [1.82, 2.24) is 30.2 Å². The van der Waals surface area contributed by atoms with Crippen LogP contribution in [-0.4, -0.2) is 41.3 Å². The normalized spacial score (nSPS) is 11.1. The number of H-pyrrole nitrogens is 1. The standard InChI is InChI=1S/C29H30N6O6.2ClH/c1-5-8-23-30-25(29(3,4)38)24(27(36)39-16-22-17(2)40-28(37)41-22)35(23)15-18-11-13-19(14-12-18)20-9-6-7-10-21(20)26-31-33-34-32-26;;/h6-7,9-14,38H,5,8,15-16H2,1-4H3,(H,31,32,33,34);2*1H. The van der Waals surface area contributed by atoms with Gasteiger partial charge in [-0.15, -0.1) is 35.0 Å². The van der Waals surface area contributed by atoms with Crippen LogP contribution in [0.25, 0.3) is 22.5 Å². The van der Waals surface area contributed by atoms with E-state index < -0.39 is 17.4 Å². The molecule has 12 nitrogen and oxygen atoms in total. The van der Waals surface area contributed by atoms with Crippen LogP contribution in [0.15, 0.2) is 62.2 Å². The Morgan fingerprint density at radius 1 is 1.07 bits per heavy atom. The van der Waals surface area contributed by atoms with Crippen LogP contribution < -0.4 is 5.82 Å². The maximum Gasteiger partial charge on any atom is 0.519 e. The van der Waals surface area contributed by atoms with Crippen LogP contribution in [0.4, 0.5) is 0 Å². The number of tetrazole rings is 1. The average Bonchev–Trinajstić information content (AvgIpc) is 3.67. The number of carbonyl (C=O) groups excluding carboxylic acids is 1. The Morgan fingerprint density at radius 2 is 1.77 bits per heavy atom. The monoisotopic (exact) mass is 630 g/mol. The van der Waals surface area contributed by atoms with Gasteiger partial charge in [0, 0.05) is 18.5 Å². The molecule has 3 heterocycles. The summed E-state index contributed by atoms with van der Waals surface area (Å²) in [4.78, 5) is 29.5. The highest BCUT2D eigenvalue weighted by molar-refractivity contribution is 5.89. The van der Waals surface area contributed by atoms with Gasteiger partial charge in [-0.25, -0.2) is 14.6 Å². The van der Waals surface area contributed by atoms with Gasteiger partial charge in [-0.3, -0.25) is 0 Å². The van der Waals surface area contributed by atoms with E-state index in [4.69, 9.17) is 13.6 Å². The van der Waals surface area contributed by atoms with Crippen LogP contribution in [0.3, 0.4) is 0 Å². The second kappa shape index (κ2) is 13.8. The zero-order valence-corrected chi connectivity index (χ0v) is 25.6. The number of halogens is 2. The van der Waals surface area contributed by atoms with Crippen molar-refractivity contribution in [3.63, 3.8) is 0 Å². The number of aliphatic hydroxyl groups is 1. The first-order valence-electron chi connectivity index (χ1n) is 13.2. The molecule has 2 N–H and O–H groups in total. The van der Waals surface area contributed by atoms with Gasteiger partial charge in [0.2, 0.25) is 5.82 Å². The number of benzene rings is 2. The summed E-state index contributed by atoms with van der Waals surface area (Å²) in [6.07, 6.45) is 1.37. The highest BCUT2D eigenvalue weighted by Crippen LogP contribution is 2.31. The van der Waals surface area contributed by atoms with Crippen molar-refractivity contribution < 1.29 is 23.5 Å². The average molecular weight is 632 g/mol. The van der Waals surface area contributed by atoms with Crippen LogP contribution in [0.2, 0.25) is 0 Å². The Bertz CT molecular complexity index is 1720. The molecule has 0 saturated carbocycles. The number of rotatable bonds is 10. The number of hydrogen-bond donors (Lipinski definition) is 2. The number of nitrogens with one attached hydrogen (secondary N) is 1. The van der Waals surface area contributed by atoms with Gasteiger partial charge in [-0.2, -0.15) is 5.21 Å². The van der Waals surface area contributed by atoms with Crippen molar-refractivity contribution in [2.75, 3.05) is 0 Å². The molecular weight excluding hydrogens is 599 g/mol. The molecule has 0 saturated heterocycles. The van der Waals surface area contributed by atoms with Crippen LogP contribution in [0.1, 0.15) is 66.3 Å². The first-order chi connectivity index (χ1) is 19.7. The number of ether oxygens (including phenoxy) is 1. The second-order valence-corrected chi connectivity index (χ2v) is 10.1. The van der Waals surface area contributed by atoms with Gasteiger partial charge in [-0.05, 0) is 49.1 Å². The van der Waals surface area contributed by atoms with E-state index in [0.717, 1.165) is 28.7 Å². The molecule has 0 radical (unpaired) electrons. The van der Waals surface area contributed by atoms with Crippen LogP contribution in [0.5, 0.6) is 0 Å². The molecule has 5 aromatic rings. The summed E-state index contributed by atoms with van der Waals surface area (Å²) < 4.78 is 17.1. The lowest BCUT2D eigenvalue weighted by molar-refractivity contribution is 0.0395. The summed E-state index contributed by atoms with van der Waals surface area (Å²) >= 11 is 0. The quantitative estimate of drug-likeness (QED) is 0.200. The number of aryl methyl sites for hydroxylation is 2. The van der Waals surface area contributed by atoms with Gasteiger partial charge in [0.25, 0.3) is 0 Å². The van der Waals surface area contributed by atoms with Crippen LogP contribution in [-0.2, 0) is 29.9 Å². The third kappa shape index (κ3) is 7.22. The fourth-order valence-corrected chi connectivity index (χ4v) is 4.60. The molecule has 228 valence electrons. The van der Waals surface area contributed by atoms with Crippen molar-refractivity contribution >= 4 is 30.8 Å². The Labute approximate surface area is 259 Å². The van der Waals surface area contributed by atoms with E-state index in [1.54, 1.807) is 25.3 Å². The molecule has 0 aliphatic carbocycles. The third-order valence-corrected chi connectivity index (χ3v) is 6.58. The van der Waals surface area contributed by atoms with Gasteiger partial charge in [0.1, 0.15) is 17.1 Å². The number of imidazole rings is 1. The molecule has 0 unspecified atom stereocenters. The lowest BCUT2D eigenvalue weighted by Crippen LogP contribution is -2.23. The highest BCUT2D eigenvalue weighted by Gasteiger charge is 2.33. The SMILES string of the molecule is CCCc1nc(C(C)(C)O)c(C(=O)OCc2oc(=O)oc2C)n1Cc1ccc(-c2ccccc2-c2nn[nH]n2)cc1.Cl.Cl. The van der Waals surface area contributed by atoms with E-state index in [-0.39, 0.29) is 54.3 Å². The molecule has 0 amide bonds. The topological polar surface area (TPSA) is 162 Å². The predicted octanol–water partition coefficient (Wildman–Crippen LogP) is 5.01. The van der Waals surface area contributed by atoms with E-state index >= 15 is 0 Å².